The molecule has 0 bridgehead atoms. The molecule has 3 aromatic rings. The highest BCUT2D eigenvalue weighted by Crippen LogP contribution is 2.20. The Bertz CT molecular complexity index is 977. The maximum atomic E-state index is 12.4. The molecule has 0 saturated carbocycles. The number of carbonyl (C=O) groups excluding carboxylic acids is 2. The fraction of sp³-hybridized carbons (Fsp3) is 0.200. The predicted molar refractivity (Wildman–Crippen MR) is 111 cm³/mol. The lowest BCUT2D eigenvalue weighted by molar-refractivity contribution is -0.131. The molecule has 3 rings (SSSR count). The molecule has 0 saturated heterocycles. The molecular formula is C20H21N5O3S. The number of nitrogens with zero attached hydrogens (tertiary/aromatic N) is 4. The van der Waals surface area contributed by atoms with Crippen molar-refractivity contribution >= 4 is 29.3 Å². The summed E-state index contributed by atoms with van der Waals surface area (Å²) in [6, 6.07) is 16.7. The minimum atomic E-state index is -0.286. The largest absolute Gasteiger partial charge is 0.497 e. The van der Waals surface area contributed by atoms with E-state index in [9.17, 15) is 9.59 Å². The SMILES string of the molecule is COc1cccc(NC(=O)CN(C)C(=O)CSc2nncn2-c2ccccc2)c1. The van der Waals surface area contributed by atoms with Gasteiger partial charge < -0.3 is 15.0 Å². The van der Waals surface area contributed by atoms with Crippen LogP contribution in [0.2, 0.25) is 0 Å². The molecule has 0 atom stereocenters. The summed E-state index contributed by atoms with van der Waals surface area (Å²) in [4.78, 5) is 26.0. The third-order valence-electron chi connectivity index (χ3n) is 4.04. The number of para-hydroxylation sites is 1. The summed E-state index contributed by atoms with van der Waals surface area (Å²) in [5, 5.41) is 11.4. The average molecular weight is 411 g/mol. The zero-order chi connectivity index (χ0) is 20.6. The number of anilines is 1. The van der Waals surface area contributed by atoms with Crippen LogP contribution in [0, 0.1) is 0 Å². The Kier molecular flexibility index (Phi) is 6.85. The Morgan fingerprint density at radius 1 is 1.17 bits per heavy atom. The van der Waals surface area contributed by atoms with E-state index in [4.69, 9.17) is 4.74 Å². The van der Waals surface area contributed by atoms with Gasteiger partial charge in [0.25, 0.3) is 0 Å². The zero-order valence-corrected chi connectivity index (χ0v) is 16.9. The summed E-state index contributed by atoms with van der Waals surface area (Å²) in [5.41, 5.74) is 1.53. The number of ether oxygens (including phenoxy) is 1. The van der Waals surface area contributed by atoms with Gasteiger partial charge in [-0.05, 0) is 24.3 Å². The highest BCUT2D eigenvalue weighted by atomic mass is 32.2. The number of amides is 2. The Labute approximate surface area is 172 Å². The highest BCUT2D eigenvalue weighted by molar-refractivity contribution is 7.99. The van der Waals surface area contributed by atoms with Crippen molar-refractivity contribution in [2.24, 2.45) is 0 Å². The van der Waals surface area contributed by atoms with E-state index < -0.39 is 0 Å². The molecule has 0 aliphatic carbocycles. The van der Waals surface area contributed by atoms with Crippen LogP contribution in [0.15, 0.2) is 66.1 Å². The van der Waals surface area contributed by atoms with Crippen molar-refractivity contribution in [3.8, 4) is 11.4 Å². The number of rotatable bonds is 8. The Balaban J connectivity index is 1.52. The van der Waals surface area contributed by atoms with Crippen LogP contribution in [0.1, 0.15) is 0 Å². The van der Waals surface area contributed by atoms with E-state index in [1.54, 1.807) is 44.8 Å². The normalized spacial score (nSPS) is 10.4. The monoisotopic (exact) mass is 411 g/mol. The molecule has 0 aliphatic heterocycles. The molecule has 29 heavy (non-hydrogen) atoms. The molecule has 0 aliphatic rings. The molecule has 2 amide bonds. The Morgan fingerprint density at radius 2 is 1.97 bits per heavy atom. The lowest BCUT2D eigenvalue weighted by atomic mass is 10.3. The van der Waals surface area contributed by atoms with Crippen molar-refractivity contribution < 1.29 is 14.3 Å². The summed E-state index contributed by atoms with van der Waals surface area (Å²) >= 11 is 1.27. The molecule has 8 nitrogen and oxygen atoms in total. The van der Waals surface area contributed by atoms with Crippen LogP contribution < -0.4 is 10.1 Å². The summed E-state index contributed by atoms with van der Waals surface area (Å²) in [5.74, 6) is 0.324. The van der Waals surface area contributed by atoms with E-state index in [2.05, 4.69) is 15.5 Å². The quantitative estimate of drug-likeness (QED) is 0.573. The maximum absolute atomic E-state index is 12.4. The fourth-order valence-electron chi connectivity index (χ4n) is 2.53. The van der Waals surface area contributed by atoms with Gasteiger partial charge in [0.05, 0.1) is 19.4 Å². The molecule has 9 heteroatoms. The van der Waals surface area contributed by atoms with Gasteiger partial charge in [-0.15, -0.1) is 10.2 Å². The number of carbonyl (C=O) groups is 2. The smallest absolute Gasteiger partial charge is 0.243 e. The van der Waals surface area contributed by atoms with Crippen LogP contribution in [-0.2, 0) is 9.59 Å². The third kappa shape index (κ3) is 5.58. The lowest BCUT2D eigenvalue weighted by Gasteiger charge is -2.16. The van der Waals surface area contributed by atoms with Crippen LogP contribution in [-0.4, -0.2) is 57.9 Å². The Hall–Kier alpha value is -3.33. The van der Waals surface area contributed by atoms with E-state index in [-0.39, 0.29) is 24.1 Å². The van der Waals surface area contributed by atoms with E-state index >= 15 is 0 Å². The zero-order valence-electron chi connectivity index (χ0n) is 16.1. The summed E-state index contributed by atoms with van der Waals surface area (Å²) in [6.07, 6.45) is 1.60. The first-order chi connectivity index (χ1) is 14.1. The second-order valence-electron chi connectivity index (χ2n) is 6.14. The third-order valence-corrected chi connectivity index (χ3v) is 4.96. The first-order valence-electron chi connectivity index (χ1n) is 8.83. The molecule has 0 spiro atoms. The first-order valence-corrected chi connectivity index (χ1v) is 9.81. The molecule has 1 N–H and O–H groups in total. The number of hydrogen-bond acceptors (Lipinski definition) is 6. The minimum absolute atomic E-state index is 0.0536. The molecule has 150 valence electrons. The van der Waals surface area contributed by atoms with Crippen LogP contribution in [0.25, 0.3) is 5.69 Å². The molecule has 2 aromatic carbocycles. The number of methoxy groups -OCH3 is 1. The van der Waals surface area contributed by atoms with Crippen molar-refractivity contribution in [1.29, 1.82) is 0 Å². The summed E-state index contributed by atoms with van der Waals surface area (Å²) in [7, 11) is 3.15. The van der Waals surface area contributed by atoms with E-state index in [0.717, 1.165) is 5.69 Å². The fourth-order valence-corrected chi connectivity index (χ4v) is 3.40. The summed E-state index contributed by atoms with van der Waals surface area (Å²) in [6.45, 7) is -0.0536. The van der Waals surface area contributed by atoms with Crippen molar-refractivity contribution in [2.45, 2.75) is 5.16 Å². The second kappa shape index (κ2) is 9.74. The molecule has 0 radical (unpaired) electrons. The van der Waals surface area contributed by atoms with Crippen molar-refractivity contribution in [3.05, 3.63) is 60.9 Å². The molecule has 0 unspecified atom stereocenters. The van der Waals surface area contributed by atoms with Gasteiger partial charge in [-0.25, -0.2) is 0 Å². The van der Waals surface area contributed by atoms with Gasteiger partial charge in [-0.3, -0.25) is 14.2 Å². The van der Waals surface area contributed by atoms with Crippen molar-refractivity contribution in [3.63, 3.8) is 0 Å². The van der Waals surface area contributed by atoms with E-state index in [1.807, 2.05) is 34.9 Å². The number of benzene rings is 2. The van der Waals surface area contributed by atoms with E-state index in [1.165, 1.54) is 16.7 Å². The standard InChI is InChI=1S/C20H21N5O3S/c1-24(12-18(26)22-15-7-6-10-17(11-15)28-2)19(27)13-29-20-23-21-14-25(20)16-8-4-3-5-9-16/h3-11,14H,12-13H2,1-2H3,(H,22,26). The number of nitrogens with one attached hydrogen (secondary N) is 1. The second-order valence-corrected chi connectivity index (χ2v) is 7.08. The van der Waals surface area contributed by atoms with Gasteiger partial charge >= 0.3 is 0 Å². The topological polar surface area (TPSA) is 89.3 Å². The van der Waals surface area contributed by atoms with Crippen molar-refractivity contribution in [1.82, 2.24) is 19.7 Å². The van der Waals surface area contributed by atoms with Gasteiger partial charge in [0.1, 0.15) is 12.1 Å². The first kappa shape index (κ1) is 20.4. The molecule has 1 heterocycles. The number of likely N-dealkylation sites (N-methyl/N-ethyl adjacent to an activating group) is 1. The van der Waals surface area contributed by atoms with Crippen LogP contribution in [0.5, 0.6) is 5.75 Å². The molecule has 0 fully saturated rings. The number of hydrogen-bond donors (Lipinski definition) is 1. The Morgan fingerprint density at radius 3 is 2.72 bits per heavy atom. The van der Waals surface area contributed by atoms with Gasteiger partial charge in [0.15, 0.2) is 5.16 Å². The predicted octanol–water partition coefficient (Wildman–Crippen LogP) is 2.47. The molecular weight excluding hydrogens is 390 g/mol. The van der Waals surface area contributed by atoms with Gasteiger partial charge in [0.2, 0.25) is 11.8 Å². The maximum Gasteiger partial charge on any atom is 0.243 e. The van der Waals surface area contributed by atoms with E-state index in [0.29, 0.717) is 16.6 Å². The van der Waals surface area contributed by atoms with Crippen LogP contribution in [0.3, 0.4) is 0 Å². The van der Waals surface area contributed by atoms with Gasteiger partial charge in [0, 0.05) is 24.5 Å². The van der Waals surface area contributed by atoms with Gasteiger partial charge in [-0.2, -0.15) is 0 Å². The average Bonchev–Trinajstić information content (AvgIpc) is 3.21. The van der Waals surface area contributed by atoms with Crippen LogP contribution >= 0.6 is 11.8 Å². The number of thioether (sulfide) groups is 1. The minimum Gasteiger partial charge on any atom is -0.497 e. The lowest BCUT2D eigenvalue weighted by Crippen LogP contribution is -2.36. The van der Waals surface area contributed by atoms with Gasteiger partial charge in [-0.1, -0.05) is 36.0 Å². The number of aromatic nitrogens is 3. The molecule has 1 aromatic heterocycles. The highest BCUT2D eigenvalue weighted by Gasteiger charge is 2.16. The summed E-state index contributed by atoms with van der Waals surface area (Å²) < 4.78 is 6.95. The van der Waals surface area contributed by atoms with Crippen LogP contribution in [0.4, 0.5) is 5.69 Å². The van der Waals surface area contributed by atoms with Crippen molar-refractivity contribution in [2.75, 3.05) is 31.8 Å².